The number of nitrogens with one attached hydrogen (secondary N) is 2. The zero-order valence-corrected chi connectivity index (χ0v) is 17.4. The Bertz CT molecular complexity index is 920. The Morgan fingerprint density at radius 1 is 1.07 bits per heavy atom. The first-order valence-electron chi connectivity index (χ1n) is 8.90. The number of hydrogen-bond acceptors (Lipinski definition) is 6. The van der Waals surface area contributed by atoms with Crippen LogP contribution in [0.3, 0.4) is 0 Å². The Balaban J connectivity index is 1.54. The number of aromatic nitrogens is 1. The van der Waals surface area contributed by atoms with Gasteiger partial charge in [0.2, 0.25) is 11.8 Å². The standard InChI is InChI=1S/C20H22N4O2S2/c1-3-24(10-18-13-28-20(23-18)15-8-9-27-12-15)11-19(26)22-17-6-4-16(5-7-17)21-14(2)25/h4-9,12-13H,3,10-11H2,1-2H3,(H,21,25)(H,22,26). The molecule has 0 atom stereocenters. The van der Waals surface area contributed by atoms with Crippen LogP contribution in [0.5, 0.6) is 0 Å². The maximum Gasteiger partial charge on any atom is 0.238 e. The van der Waals surface area contributed by atoms with Gasteiger partial charge in [-0.15, -0.1) is 11.3 Å². The summed E-state index contributed by atoms with van der Waals surface area (Å²) in [6.07, 6.45) is 0. The van der Waals surface area contributed by atoms with Gasteiger partial charge in [0.25, 0.3) is 0 Å². The Morgan fingerprint density at radius 3 is 2.39 bits per heavy atom. The molecule has 2 amide bonds. The average molecular weight is 415 g/mol. The van der Waals surface area contributed by atoms with Crippen molar-refractivity contribution >= 4 is 45.9 Å². The minimum atomic E-state index is -0.125. The molecule has 0 aliphatic carbocycles. The highest BCUT2D eigenvalue weighted by Gasteiger charge is 2.13. The second-order valence-electron chi connectivity index (χ2n) is 6.27. The van der Waals surface area contributed by atoms with Gasteiger partial charge in [-0.2, -0.15) is 11.3 Å². The second-order valence-corrected chi connectivity index (χ2v) is 7.90. The lowest BCUT2D eigenvalue weighted by atomic mass is 10.2. The molecule has 0 bridgehead atoms. The first kappa shape index (κ1) is 20.2. The summed E-state index contributed by atoms with van der Waals surface area (Å²) in [5.41, 5.74) is 3.51. The SMILES string of the molecule is CCN(CC(=O)Nc1ccc(NC(C)=O)cc1)Cc1csc(-c2ccsc2)n1. The molecule has 8 heteroatoms. The third-order valence-corrected chi connectivity index (χ3v) is 5.63. The Labute approximate surface area is 172 Å². The van der Waals surface area contributed by atoms with Crippen LogP contribution in [0, 0.1) is 0 Å². The van der Waals surface area contributed by atoms with Gasteiger partial charge < -0.3 is 10.6 Å². The number of thiophene rings is 1. The molecule has 0 unspecified atom stereocenters. The Kier molecular flexibility index (Phi) is 6.91. The number of rotatable bonds is 8. The monoisotopic (exact) mass is 414 g/mol. The molecule has 146 valence electrons. The second kappa shape index (κ2) is 9.59. The minimum absolute atomic E-state index is 0.0811. The third-order valence-electron chi connectivity index (χ3n) is 4.01. The molecule has 2 aromatic heterocycles. The fraction of sp³-hybridized carbons (Fsp3) is 0.250. The molecule has 0 aliphatic rings. The highest BCUT2D eigenvalue weighted by molar-refractivity contribution is 7.14. The summed E-state index contributed by atoms with van der Waals surface area (Å²) in [4.78, 5) is 30.2. The molecule has 0 radical (unpaired) electrons. The lowest BCUT2D eigenvalue weighted by Gasteiger charge is -2.18. The Morgan fingerprint density at radius 2 is 1.79 bits per heavy atom. The number of carbonyl (C=O) groups excluding carboxylic acids is 2. The van der Waals surface area contributed by atoms with Crippen LogP contribution >= 0.6 is 22.7 Å². The van der Waals surface area contributed by atoms with Crippen LogP contribution in [0.25, 0.3) is 10.6 Å². The molecule has 0 spiro atoms. The van der Waals surface area contributed by atoms with Crippen LogP contribution in [0.4, 0.5) is 11.4 Å². The van der Waals surface area contributed by atoms with Crippen molar-refractivity contribution in [1.29, 1.82) is 0 Å². The summed E-state index contributed by atoms with van der Waals surface area (Å²) in [5, 5.41) is 12.8. The molecule has 3 aromatic rings. The summed E-state index contributed by atoms with van der Waals surface area (Å²) >= 11 is 3.28. The average Bonchev–Trinajstić information content (AvgIpc) is 3.34. The number of anilines is 2. The van der Waals surface area contributed by atoms with Crippen molar-refractivity contribution in [1.82, 2.24) is 9.88 Å². The van der Waals surface area contributed by atoms with E-state index in [1.165, 1.54) is 6.92 Å². The lowest BCUT2D eigenvalue weighted by molar-refractivity contribution is -0.117. The summed E-state index contributed by atoms with van der Waals surface area (Å²) in [7, 11) is 0. The fourth-order valence-electron chi connectivity index (χ4n) is 2.65. The van der Waals surface area contributed by atoms with E-state index in [-0.39, 0.29) is 18.4 Å². The van der Waals surface area contributed by atoms with Crippen LogP contribution in [-0.2, 0) is 16.1 Å². The van der Waals surface area contributed by atoms with Gasteiger partial charge >= 0.3 is 0 Å². The lowest BCUT2D eigenvalue weighted by Crippen LogP contribution is -2.32. The van der Waals surface area contributed by atoms with Crippen molar-refractivity contribution in [3.63, 3.8) is 0 Å². The molecule has 0 aliphatic heterocycles. The van der Waals surface area contributed by atoms with E-state index in [2.05, 4.69) is 27.1 Å². The van der Waals surface area contributed by atoms with E-state index in [1.54, 1.807) is 46.9 Å². The van der Waals surface area contributed by atoms with Crippen LogP contribution in [0.2, 0.25) is 0 Å². The molecule has 0 saturated heterocycles. The molecule has 3 rings (SSSR count). The number of nitrogens with zero attached hydrogens (tertiary/aromatic N) is 2. The van der Waals surface area contributed by atoms with Gasteiger partial charge in [-0.25, -0.2) is 4.98 Å². The number of benzene rings is 1. The van der Waals surface area contributed by atoms with Gasteiger partial charge in [-0.1, -0.05) is 6.92 Å². The number of thiazole rings is 1. The highest BCUT2D eigenvalue weighted by Crippen LogP contribution is 2.26. The van der Waals surface area contributed by atoms with E-state index in [0.29, 0.717) is 17.9 Å². The van der Waals surface area contributed by atoms with Crippen LogP contribution in [0.15, 0.2) is 46.5 Å². The largest absolute Gasteiger partial charge is 0.326 e. The molecule has 0 fully saturated rings. The van der Waals surface area contributed by atoms with E-state index >= 15 is 0 Å². The van der Waals surface area contributed by atoms with Crippen molar-refractivity contribution in [3.05, 3.63) is 52.2 Å². The number of carbonyl (C=O) groups is 2. The number of amides is 2. The first-order chi connectivity index (χ1) is 13.5. The van der Waals surface area contributed by atoms with Crippen LogP contribution in [-0.4, -0.2) is 34.8 Å². The maximum absolute atomic E-state index is 12.4. The third kappa shape index (κ3) is 5.72. The van der Waals surface area contributed by atoms with Crippen molar-refractivity contribution in [2.45, 2.75) is 20.4 Å². The zero-order valence-electron chi connectivity index (χ0n) is 15.8. The van der Waals surface area contributed by atoms with Gasteiger partial charge in [0.15, 0.2) is 0 Å². The quantitative estimate of drug-likeness (QED) is 0.577. The van der Waals surface area contributed by atoms with Gasteiger partial charge in [0.1, 0.15) is 5.01 Å². The zero-order chi connectivity index (χ0) is 19.9. The van der Waals surface area contributed by atoms with Crippen molar-refractivity contribution < 1.29 is 9.59 Å². The van der Waals surface area contributed by atoms with E-state index in [1.807, 2.05) is 22.6 Å². The van der Waals surface area contributed by atoms with Gasteiger partial charge in [-0.05, 0) is 42.3 Å². The summed E-state index contributed by atoms with van der Waals surface area (Å²) in [5.74, 6) is -0.206. The van der Waals surface area contributed by atoms with Crippen LogP contribution in [0.1, 0.15) is 19.5 Å². The molecule has 6 nitrogen and oxygen atoms in total. The first-order valence-corrected chi connectivity index (χ1v) is 10.7. The Hall–Kier alpha value is -2.55. The summed E-state index contributed by atoms with van der Waals surface area (Å²) in [6, 6.07) is 9.13. The summed E-state index contributed by atoms with van der Waals surface area (Å²) < 4.78 is 0. The predicted molar refractivity (Wildman–Crippen MR) is 116 cm³/mol. The molecular formula is C20H22N4O2S2. The van der Waals surface area contributed by atoms with Crippen molar-refractivity contribution in [2.24, 2.45) is 0 Å². The topological polar surface area (TPSA) is 74.3 Å². The molecule has 2 N–H and O–H groups in total. The summed E-state index contributed by atoms with van der Waals surface area (Å²) in [6.45, 7) is 5.16. The normalized spacial score (nSPS) is 10.8. The minimum Gasteiger partial charge on any atom is -0.326 e. The molecule has 2 heterocycles. The van der Waals surface area contributed by atoms with Gasteiger partial charge in [-0.3, -0.25) is 14.5 Å². The van der Waals surface area contributed by atoms with Crippen LogP contribution < -0.4 is 10.6 Å². The number of likely N-dealkylation sites (N-methyl/N-ethyl adjacent to an activating group) is 1. The molecule has 1 aromatic carbocycles. The molecule has 28 heavy (non-hydrogen) atoms. The van der Waals surface area contributed by atoms with E-state index in [9.17, 15) is 9.59 Å². The smallest absolute Gasteiger partial charge is 0.238 e. The van der Waals surface area contributed by atoms with E-state index in [0.717, 1.165) is 22.8 Å². The highest BCUT2D eigenvalue weighted by atomic mass is 32.1. The van der Waals surface area contributed by atoms with Gasteiger partial charge in [0.05, 0.1) is 12.2 Å². The van der Waals surface area contributed by atoms with Gasteiger partial charge in [0, 0.05) is 41.2 Å². The van der Waals surface area contributed by atoms with E-state index in [4.69, 9.17) is 0 Å². The molecular weight excluding hydrogens is 392 g/mol. The van der Waals surface area contributed by atoms with Crippen molar-refractivity contribution in [3.8, 4) is 10.6 Å². The maximum atomic E-state index is 12.4. The predicted octanol–water partition coefficient (Wildman–Crippen LogP) is 4.29. The van der Waals surface area contributed by atoms with E-state index < -0.39 is 0 Å². The molecule has 0 saturated carbocycles. The number of hydrogen-bond donors (Lipinski definition) is 2. The fourth-order valence-corrected chi connectivity index (χ4v) is 4.17. The van der Waals surface area contributed by atoms with Crippen molar-refractivity contribution in [2.75, 3.05) is 23.7 Å².